The quantitative estimate of drug-likeness (QED) is 0.373. The van der Waals surface area contributed by atoms with Crippen LogP contribution < -0.4 is 24.2 Å². The molecule has 168 valence electrons. The molecule has 3 heterocycles. The van der Waals surface area contributed by atoms with Crippen LogP contribution in [0.4, 0.5) is 5.69 Å². The molecule has 0 radical (unpaired) electrons. The Morgan fingerprint density at radius 1 is 1.15 bits per heavy atom. The molecule has 0 aliphatic carbocycles. The number of halogens is 1. The summed E-state index contributed by atoms with van der Waals surface area (Å²) in [5.74, 6) is 0. The first-order valence-corrected chi connectivity index (χ1v) is 13.6. The fourth-order valence-electron chi connectivity index (χ4n) is 3.91. The molecule has 0 amide bonds. The van der Waals surface area contributed by atoms with E-state index in [-0.39, 0.29) is 5.56 Å². The molecule has 4 nitrogen and oxygen atoms in total. The van der Waals surface area contributed by atoms with E-state index >= 15 is 0 Å². The number of thioether (sulfide) groups is 1. The lowest BCUT2D eigenvalue weighted by atomic mass is 10.1. The molecule has 1 aliphatic rings. The van der Waals surface area contributed by atoms with Crippen molar-refractivity contribution in [3.63, 3.8) is 0 Å². The van der Waals surface area contributed by atoms with Crippen LogP contribution in [0.3, 0.4) is 0 Å². The van der Waals surface area contributed by atoms with Crippen molar-refractivity contribution < 1.29 is 4.57 Å². The van der Waals surface area contributed by atoms with Gasteiger partial charge in [0.15, 0.2) is 12.7 Å². The predicted molar refractivity (Wildman–Crippen MR) is 141 cm³/mol. The number of fused-ring (bicyclic) bond motifs is 1. The highest BCUT2D eigenvalue weighted by molar-refractivity contribution is 8.08. The summed E-state index contributed by atoms with van der Waals surface area (Å²) in [6, 6.07) is 16.4. The second kappa shape index (κ2) is 9.50. The van der Waals surface area contributed by atoms with Gasteiger partial charge in [0.05, 0.1) is 17.1 Å². The number of nitrogens with zero attached hydrogens (tertiary/aromatic N) is 3. The molecule has 0 N–H and O–H groups in total. The Morgan fingerprint density at radius 3 is 2.76 bits per heavy atom. The Morgan fingerprint density at radius 2 is 1.97 bits per heavy atom. The first-order chi connectivity index (χ1) is 16.0. The average molecular weight is 513 g/mol. The Kier molecular flexibility index (Phi) is 6.47. The van der Waals surface area contributed by atoms with Crippen LogP contribution >= 0.6 is 46.0 Å². The zero-order chi connectivity index (χ0) is 22.9. The van der Waals surface area contributed by atoms with Gasteiger partial charge in [-0.2, -0.15) is 4.57 Å². The van der Waals surface area contributed by atoms with Gasteiger partial charge < -0.3 is 4.90 Å². The van der Waals surface area contributed by atoms with E-state index in [0.717, 1.165) is 42.8 Å². The molecule has 4 aromatic rings. The molecule has 0 spiro atoms. The van der Waals surface area contributed by atoms with Gasteiger partial charge in [0.1, 0.15) is 14.2 Å². The van der Waals surface area contributed by atoms with Crippen molar-refractivity contribution in [2.75, 3.05) is 11.9 Å². The topological polar surface area (TPSA) is 29.1 Å². The van der Waals surface area contributed by atoms with Crippen LogP contribution in [-0.4, -0.2) is 11.6 Å². The fraction of sp³-hybridized carbons (Fsp3) is 0.200. The molecule has 0 bridgehead atoms. The molecule has 2 aromatic heterocycles. The number of rotatable bonds is 5. The normalized spacial score (nSPS) is 15.4. The minimum Gasteiger partial charge on any atom is -0.337 e. The Balaban J connectivity index is 1.54. The summed E-state index contributed by atoms with van der Waals surface area (Å²) >= 11 is 11.1. The van der Waals surface area contributed by atoms with E-state index in [1.807, 2.05) is 42.8 Å². The van der Waals surface area contributed by atoms with E-state index in [1.54, 1.807) is 34.4 Å². The molecule has 0 saturated heterocycles. The van der Waals surface area contributed by atoms with E-state index in [0.29, 0.717) is 11.6 Å². The van der Waals surface area contributed by atoms with E-state index in [4.69, 9.17) is 11.6 Å². The van der Waals surface area contributed by atoms with Crippen LogP contribution in [0.25, 0.3) is 11.1 Å². The second-order valence-corrected chi connectivity index (χ2v) is 11.1. The largest absolute Gasteiger partial charge is 0.337 e. The molecule has 33 heavy (non-hydrogen) atoms. The second-order valence-electron chi connectivity index (χ2n) is 7.71. The summed E-state index contributed by atoms with van der Waals surface area (Å²) < 4.78 is 5.89. The van der Waals surface area contributed by atoms with Gasteiger partial charge in [0.25, 0.3) is 10.6 Å². The van der Waals surface area contributed by atoms with Crippen LogP contribution in [0, 0.1) is 0 Å². The van der Waals surface area contributed by atoms with Crippen molar-refractivity contribution in [2.45, 2.75) is 31.3 Å². The highest BCUT2D eigenvalue weighted by atomic mass is 35.5. The maximum atomic E-state index is 13.4. The summed E-state index contributed by atoms with van der Waals surface area (Å²) in [6.45, 7) is 3.56. The average Bonchev–Trinajstić information content (AvgIpc) is 3.49. The van der Waals surface area contributed by atoms with E-state index < -0.39 is 0 Å². The van der Waals surface area contributed by atoms with Crippen molar-refractivity contribution in [2.24, 2.45) is 0 Å². The van der Waals surface area contributed by atoms with Crippen LogP contribution in [0.2, 0.25) is 5.02 Å². The SMILES string of the molecule is CCn1c(=O)/c(=C2\Sc3cc(Cl)ccc3N2C)s/c1=C\c1scc[n+]1CCc1ccccc1. The van der Waals surface area contributed by atoms with E-state index in [9.17, 15) is 4.79 Å². The third-order valence-electron chi connectivity index (χ3n) is 5.66. The fourth-order valence-corrected chi connectivity index (χ4v) is 7.53. The van der Waals surface area contributed by atoms with Gasteiger partial charge in [-0.15, -0.1) is 11.3 Å². The van der Waals surface area contributed by atoms with Gasteiger partial charge in [-0.1, -0.05) is 65.0 Å². The minimum absolute atomic E-state index is 0.0643. The third-order valence-corrected chi connectivity index (χ3v) is 9.21. The number of hydrogen-bond acceptors (Lipinski definition) is 5. The standard InChI is InChI=1S/C25H23ClN3OS3/c1-3-29-22(16-21-28(13-14-31-21)12-11-17-7-5-4-6-8-17)33-23(24(29)30)25-27(2)19-10-9-18(26)15-20(19)32-25/h4-10,13-16H,3,11-12H2,1-2H3/q+1/b25-23+. The van der Waals surface area contributed by atoms with Crippen molar-refractivity contribution in [1.29, 1.82) is 0 Å². The summed E-state index contributed by atoms with van der Waals surface area (Å²) in [5.41, 5.74) is 2.47. The van der Waals surface area contributed by atoms with Gasteiger partial charge in [0.2, 0.25) is 0 Å². The van der Waals surface area contributed by atoms with Crippen molar-refractivity contribution in [3.8, 4) is 0 Å². The zero-order valence-corrected chi connectivity index (χ0v) is 21.5. The summed E-state index contributed by atoms with van der Waals surface area (Å²) in [4.78, 5) is 16.5. The number of anilines is 1. The molecule has 2 aromatic carbocycles. The highest BCUT2D eigenvalue weighted by Crippen LogP contribution is 2.46. The van der Waals surface area contributed by atoms with Crippen LogP contribution in [0.1, 0.15) is 17.5 Å². The maximum Gasteiger partial charge on any atom is 0.271 e. The molecule has 0 unspecified atom stereocenters. The molecular weight excluding hydrogens is 490 g/mol. The predicted octanol–water partition coefficient (Wildman–Crippen LogP) is 4.31. The molecule has 1 aliphatic heterocycles. The van der Waals surface area contributed by atoms with Gasteiger partial charge >= 0.3 is 0 Å². The highest BCUT2D eigenvalue weighted by Gasteiger charge is 2.25. The van der Waals surface area contributed by atoms with Crippen molar-refractivity contribution in [3.05, 3.63) is 95.3 Å². The van der Waals surface area contributed by atoms with Crippen molar-refractivity contribution in [1.82, 2.24) is 4.57 Å². The first kappa shape index (κ1) is 22.5. The number of benzene rings is 2. The molecular formula is C25H23ClN3OS3+. The van der Waals surface area contributed by atoms with E-state index in [1.165, 1.54) is 5.56 Å². The number of aryl methyl sites for hydroxylation is 2. The molecule has 0 fully saturated rings. The molecule has 8 heteroatoms. The summed E-state index contributed by atoms with van der Waals surface area (Å²) in [7, 11) is 2.01. The summed E-state index contributed by atoms with van der Waals surface area (Å²) in [5, 5.41) is 4.93. The maximum absolute atomic E-state index is 13.4. The van der Waals surface area contributed by atoms with Gasteiger partial charge in [-0.05, 0) is 30.7 Å². The van der Waals surface area contributed by atoms with Crippen LogP contribution in [0.5, 0.6) is 0 Å². The minimum atomic E-state index is 0.0643. The number of hydrogen-bond donors (Lipinski definition) is 0. The Hall–Kier alpha value is -2.32. The zero-order valence-electron chi connectivity index (χ0n) is 18.3. The molecule has 0 saturated carbocycles. The number of aromatic nitrogens is 2. The van der Waals surface area contributed by atoms with E-state index in [2.05, 4.69) is 51.4 Å². The first-order valence-electron chi connectivity index (χ1n) is 10.7. The smallest absolute Gasteiger partial charge is 0.271 e. The lowest BCUT2D eigenvalue weighted by molar-refractivity contribution is -0.693. The third kappa shape index (κ3) is 4.43. The Bertz CT molecular complexity index is 1490. The van der Waals surface area contributed by atoms with Gasteiger partial charge in [-0.3, -0.25) is 9.36 Å². The van der Waals surface area contributed by atoms with Gasteiger partial charge in [-0.25, -0.2) is 0 Å². The molecule has 0 atom stereocenters. The molecule has 5 rings (SSSR count). The van der Waals surface area contributed by atoms with Crippen molar-refractivity contribution >= 4 is 62.8 Å². The summed E-state index contributed by atoms with van der Waals surface area (Å²) in [6.07, 6.45) is 5.25. The number of thiazole rings is 2. The van der Waals surface area contributed by atoms with Crippen LogP contribution in [0.15, 0.2) is 69.8 Å². The van der Waals surface area contributed by atoms with Gasteiger partial charge in [0, 0.05) is 29.9 Å². The lowest BCUT2D eigenvalue weighted by Gasteiger charge is -2.12. The van der Waals surface area contributed by atoms with Crippen LogP contribution in [-0.2, 0) is 19.5 Å². The lowest BCUT2D eigenvalue weighted by Crippen LogP contribution is -2.36. The Labute approximate surface area is 209 Å². The monoisotopic (exact) mass is 512 g/mol.